The van der Waals surface area contributed by atoms with E-state index in [0.717, 1.165) is 51.4 Å². The molecule has 92 heavy (non-hydrogen) atoms. The van der Waals surface area contributed by atoms with Gasteiger partial charge in [0.1, 0.15) is 48.8 Å². The molecule has 1 amide bonds. The monoisotopic (exact) mass is 1310 g/mol. The van der Waals surface area contributed by atoms with Crippen LogP contribution in [0.2, 0.25) is 0 Å². The van der Waals surface area contributed by atoms with E-state index in [-0.39, 0.29) is 12.5 Å². The van der Waals surface area contributed by atoms with Gasteiger partial charge in [-0.05, 0) is 12.8 Å². The van der Waals surface area contributed by atoms with Crippen molar-refractivity contribution in [3.05, 3.63) is 0 Å². The SMILES string of the molecule is CCCCCCCCCCCCCCCCCCCCCCCCCCCCCCCCCCCCC(=O)NC(COC1OC(CO)C(OC2OC(CO)C(O)C(O)C2O)C(O)C1O)C(O)CCCCCCCCCCCCCCCCCCCCCCCCCC. The van der Waals surface area contributed by atoms with Crippen LogP contribution < -0.4 is 5.32 Å². The molecule has 0 aromatic carbocycles. The first kappa shape index (κ1) is 87.1. The van der Waals surface area contributed by atoms with E-state index >= 15 is 0 Å². The molecule has 12 unspecified atom stereocenters. The van der Waals surface area contributed by atoms with Crippen LogP contribution in [-0.2, 0) is 23.7 Å². The number of amides is 1. The molecule has 0 saturated carbocycles. The number of carbonyl (C=O) groups is 1. The molecule has 0 aromatic rings. The second-order valence-corrected chi connectivity index (χ2v) is 28.9. The fourth-order valence-corrected chi connectivity index (χ4v) is 14.0. The summed E-state index contributed by atoms with van der Waals surface area (Å²) in [6, 6.07) is -0.825. The van der Waals surface area contributed by atoms with Crippen molar-refractivity contribution >= 4 is 5.91 Å². The Morgan fingerprint density at radius 2 is 0.620 bits per heavy atom. The van der Waals surface area contributed by atoms with Crippen LogP contribution in [0.1, 0.15) is 399 Å². The summed E-state index contributed by atoms with van der Waals surface area (Å²) in [5.41, 5.74) is 0. The zero-order valence-electron chi connectivity index (χ0n) is 60.1. The zero-order valence-corrected chi connectivity index (χ0v) is 60.1. The molecule has 2 rings (SSSR count). The van der Waals surface area contributed by atoms with Crippen LogP contribution in [-0.4, -0.2) is 140 Å². The van der Waals surface area contributed by atoms with Gasteiger partial charge in [-0.2, -0.15) is 0 Å². The fourth-order valence-electron chi connectivity index (χ4n) is 14.0. The van der Waals surface area contributed by atoms with Gasteiger partial charge in [-0.1, -0.05) is 380 Å². The predicted octanol–water partition coefficient (Wildman–Crippen LogP) is 17.9. The number of hydrogen-bond donors (Lipinski definition) is 9. The van der Waals surface area contributed by atoms with Crippen molar-refractivity contribution < 1.29 is 64.6 Å². The lowest BCUT2D eigenvalue weighted by atomic mass is 9.97. The van der Waals surface area contributed by atoms with Crippen LogP contribution >= 0.6 is 0 Å². The number of nitrogens with one attached hydrogen (secondary N) is 1. The standard InChI is InChI=1S/C78H153NO13/c1-3-5-7-9-11-13-15-17-19-21-23-25-27-29-30-31-32-33-34-35-36-37-38-40-42-44-46-48-50-52-54-56-58-60-62-70(83)79-66(65-89-77-75(88)73(86)76(69(64-81)91-77)92-78-74(87)72(85)71(84)68(63-80)90-78)67(82)61-59-57-55-53-51-49-47-45-43-41-39-28-26-24-22-20-18-16-14-12-10-8-6-4-2/h66-69,71-78,80-82,84-88H,3-65H2,1-2H3,(H,79,83). The van der Waals surface area contributed by atoms with E-state index in [2.05, 4.69) is 19.2 Å². The van der Waals surface area contributed by atoms with Crippen LogP contribution in [0, 0.1) is 0 Å². The Morgan fingerprint density at radius 1 is 0.348 bits per heavy atom. The minimum Gasteiger partial charge on any atom is -0.394 e. The highest BCUT2D eigenvalue weighted by Crippen LogP contribution is 2.31. The van der Waals surface area contributed by atoms with E-state index in [9.17, 15) is 45.6 Å². The number of ether oxygens (including phenoxy) is 4. The maximum atomic E-state index is 13.4. The lowest BCUT2D eigenvalue weighted by molar-refractivity contribution is -0.359. The topological polar surface area (TPSA) is 228 Å². The van der Waals surface area contributed by atoms with Crippen molar-refractivity contribution in [3.63, 3.8) is 0 Å². The average molecular weight is 1310 g/mol. The van der Waals surface area contributed by atoms with Crippen LogP contribution in [0.15, 0.2) is 0 Å². The Labute approximate surface area is 565 Å². The first-order valence-electron chi connectivity index (χ1n) is 40.3. The minimum absolute atomic E-state index is 0.195. The number of hydrogen-bond acceptors (Lipinski definition) is 13. The minimum atomic E-state index is -1.78. The van der Waals surface area contributed by atoms with Gasteiger partial charge in [0.05, 0.1) is 32.0 Å². The summed E-state index contributed by atoms with van der Waals surface area (Å²) in [5, 5.41) is 87.8. The number of aliphatic hydroxyl groups is 8. The van der Waals surface area contributed by atoms with E-state index < -0.39 is 86.8 Å². The lowest BCUT2D eigenvalue weighted by Gasteiger charge is -2.46. The summed E-state index contributed by atoms with van der Waals surface area (Å²) < 4.78 is 23.0. The normalized spacial score (nSPS) is 22.5. The largest absolute Gasteiger partial charge is 0.394 e. The lowest BCUT2D eigenvalue weighted by Crippen LogP contribution is -2.65. The molecule has 548 valence electrons. The summed E-state index contributed by atoms with van der Waals surface area (Å²) >= 11 is 0. The number of carbonyl (C=O) groups excluding carboxylic acids is 1. The van der Waals surface area contributed by atoms with E-state index in [1.165, 1.54) is 321 Å². The Hall–Kier alpha value is -1.01. The Kier molecular flexibility index (Phi) is 60.0. The summed E-state index contributed by atoms with van der Waals surface area (Å²) in [5.74, 6) is -0.195. The van der Waals surface area contributed by atoms with E-state index in [1.54, 1.807) is 0 Å². The first-order chi connectivity index (χ1) is 45.1. The maximum Gasteiger partial charge on any atom is 0.220 e. The predicted molar refractivity (Wildman–Crippen MR) is 379 cm³/mol. The summed E-state index contributed by atoms with van der Waals surface area (Å²) in [4.78, 5) is 13.4. The third-order valence-electron chi connectivity index (χ3n) is 20.3. The molecule has 12 atom stereocenters. The number of aliphatic hydroxyl groups excluding tert-OH is 8. The van der Waals surface area contributed by atoms with Crippen molar-refractivity contribution in [1.82, 2.24) is 5.32 Å². The van der Waals surface area contributed by atoms with Gasteiger partial charge in [0.15, 0.2) is 12.6 Å². The quantitative estimate of drug-likeness (QED) is 0.0259. The molecule has 0 spiro atoms. The number of unbranched alkanes of at least 4 members (excludes halogenated alkanes) is 56. The highest BCUT2D eigenvalue weighted by molar-refractivity contribution is 5.76. The van der Waals surface area contributed by atoms with Gasteiger partial charge in [-0.25, -0.2) is 0 Å². The molecule has 0 aliphatic carbocycles. The smallest absolute Gasteiger partial charge is 0.220 e. The number of rotatable bonds is 69. The molecule has 2 heterocycles. The van der Waals surface area contributed by atoms with Crippen LogP contribution in [0.5, 0.6) is 0 Å². The van der Waals surface area contributed by atoms with Crippen LogP contribution in [0.3, 0.4) is 0 Å². The van der Waals surface area contributed by atoms with Gasteiger partial charge in [0.25, 0.3) is 0 Å². The molecule has 2 fully saturated rings. The van der Waals surface area contributed by atoms with Gasteiger partial charge in [-0.3, -0.25) is 4.79 Å². The first-order valence-corrected chi connectivity index (χ1v) is 40.3. The third-order valence-corrected chi connectivity index (χ3v) is 20.3. The fraction of sp³-hybridized carbons (Fsp3) is 0.987. The molecule has 2 aliphatic heterocycles. The Balaban J connectivity index is 1.58. The summed E-state index contributed by atoms with van der Waals surface area (Å²) in [6.07, 6.45) is 61.5. The van der Waals surface area contributed by atoms with E-state index in [0.29, 0.717) is 12.8 Å². The van der Waals surface area contributed by atoms with Crippen molar-refractivity contribution in [1.29, 1.82) is 0 Å². The van der Waals surface area contributed by atoms with Crippen LogP contribution in [0.4, 0.5) is 0 Å². The van der Waals surface area contributed by atoms with E-state index in [1.807, 2.05) is 0 Å². The highest BCUT2D eigenvalue weighted by atomic mass is 16.7. The Bertz CT molecular complexity index is 1550. The Morgan fingerprint density at radius 3 is 0.924 bits per heavy atom. The zero-order chi connectivity index (χ0) is 66.6. The van der Waals surface area contributed by atoms with Gasteiger partial charge >= 0.3 is 0 Å². The molecule has 0 aromatic heterocycles. The molecule has 2 saturated heterocycles. The molecule has 9 N–H and O–H groups in total. The van der Waals surface area contributed by atoms with Crippen LogP contribution in [0.25, 0.3) is 0 Å². The van der Waals surface area contributed by atoms with Crippen molar-refractivity contribution in [2.24, 2.45) is 0 Å². The molecular weight excluding hydrogens is 1160 g/mol. The maximum absolute atomic E-state index is 13.4. The molecule has 0 radical (unpaired) electrons. The summed E-state index contributed by atoms with van der Waals surface area (Å²) in [7, 11) is 0. The second-order valence-electron chi connectivity index (χ2n) is 28.9. The second kappa shape index (κ2) is 63.4. The molecular formula is C78H153NO13. The average Bonchev–Trinajstić information content (AvgIpc) is 0.865. The third kappa shape index (κ3) is 46.3. The molecule has 14 heteroatoms. The molecule has 14 nitrogen and oxygen atoms in total. The van der Waals surface area contributed by atoms with Crippen molar-refractivity contribution in [2.45, 2.75) is 473 Å². The van der Waals surface area contributed by atoms with Crippen molar-refractivity contribution in [2.75, 3.05) is 19.8 Å². The molecule has 0 bridgehead atoms. The van der Waals surface area contributed by atoms with Gasteiger partial charge in [0, 0.05) is 6.42 Å². The summed E-state index contributed by atoms with van der Waals surface area (Å²) in [6.45, 7) is 2.95. The van der Waals surface area contributed by atoms with Crippen molar-refractivity contribution in [3.8, 4) is 0 Å². The van der Waals surface area contributed by atoms with Gasteiger partial charge in [0.2, 0.25) is 5.91 Å². The highest BCUT2D eigenvalue weighted by Gasteiger charge is 2.51. The van der Waals surface area contributed by atoms with E-state index in [4.69, 9.17) is 18.9 Å². The van der Waals surface area contributed by atoms with Gasteiger partial charge in [-0.15, -0.1) is 0 Å². The molecule has 2 aliphatic rings. The van der Waals surface area contributed by atoms with Gasteiger partial charge < -0.3 is 65.1 Å².